The van der Waals surface area contributed by atoms with E-state index in [-0.39, 0.29) is 12.0 Å². The predicted molar refractivity (Wildman–Crippen MR) is 61.9 cm³/mol. The van der Waals surface area contributed by atoms with Crippen LogP contribution in [0.15, 0.2) is 12.1 Å². The number of hydrogen-bond acceptors (Lipinski definition) is 3. The highest BCUT2D eigenvalue weighted by Crippen LogP contribution is 2.03. The summed E-state index contributed by atoms with van der Waals surface area (Å²) in [5.74, 6) is 2.28. The van der Waals surface area contributed by atoms with Crippen molar-refractivity contribution < 1.29 is 9.53 Å². The summed E-state index contributed by atoms with van der Waals surface area (Å²) >= 11 is 0. The van der Waals surface area contributed by atoms with Crippen LogP contribution in [0, 0.1) is 12.3 Å². The molecule has 4 heteroatoms. The summed E-state index contributed by atoms with van der Waals surface area (Å²) in [6.45, 7) is 2.63. The monoisotopic (exact) mass is 220 g/mol. The summed E-state index contributed by atoms with van der Waals surface area (Å²) in [6, 6.07) is 3.59. The Labute approximate surface area is 95.4 Å². The fourth-order valence-corrected chi connectivity index (χ4v) is 1.33. The van der Waals surface area contributed by atoms with E-state index in [1.807, 2.05) is 13.0 Å². The van der Waals surface area contributed by atoms with E-state index in [4.69, 9.17) is 6.42 Å². The molecule has 0 saturated carbocycles. The molecule has 1 aromatic rings. The van der Waals surface area contributed by atoms with Crippen LogP contribution in [-0.4, -0.2) is 24.1 Å². The number of H-pyrrole nitrogens is 1. The average molecular weight is 220 g/mol. The smallest absolute Gasteiger partial charge is 0.354 e. The van der Waals surface area contributed by atoms with Crippen molar-refractivity contribution >= 4 is 5.97 Å². The summed E-state index contributed by atoms with van der Waals surface area (Å²) in [4.78, 5) is 14.1. The second kappa shape index (κ2) is 5.99. The van der Waals surface area contributed by atoms with Crippen LogP contribution in [0.25, 0.3) is 0 Å². The Morgan fingerprint density at radius 3 is 3.00 bits per heavy atom. The average Bonchev–Trinajstić information content (AvgIpc) is 2.78. The van der Waals surface area contributed by atoms with Crippen LogP contribution in [0.1, 0.15) is 29.5 Å². The maximum Gasteiger partial charge on any atom is 0.354 e. The zero-order valence-corrected chi connectivity index (χ0v) is 9.54. The molecule has 2 N–H and O–H groups in total. The van der Waals surface area contributed by atoms with Gasteiger partial charge in [0.1, 0.15) is 5.69 Å². The minimum Gasteiger partial charge on any atom is -0.464 e. The van der Waals surface area contributed by atoms with Gasteiger partial charge in [-0.15, -0.1) is 6.42 Å². The van der Waals surface area contributed by atoms with Crippen molar-refractivity contribution in [3.63, 3.8) is 0 Å². The van der Waals surface area contributed by atoms with Crippen LogP contribution < -0.4 is 5.32 Å². The van der Waals surface area contributed by atoms with E-state index in [1.165, 1.54) is 7.11 Å². The summed E-state index contributed by atoms with van der Waals surface area (Å²) in [5.41, 5.74) is 1.36. The molecule has 4 nitrogen and oxygen atoms in total. The third kappa shape index (κ3) is 3.14. The SMILES string of the molecule is C#CC(CC)NCc1ccc(C(=O)OC)[nH]1. The normalized spacial score (nSPS) is 11.8. The van der Waals surface area contributed by atoms with E-state index in [0.29, 0.717) is 12.2 Å². The van der Waals surface area contributed by atoms with E-state index in [2.05, 4.69) is 21.0 Å². The first-order valence-electron chi connectivity index (χ1n) is 5.17. The van der Waals surface area contributed by atoms with Gasteiger partial charge in [0.15, 0.2) is 0 Å². The number of methoxy groups -OCH3 is 1. The molecule has 1 unspecified atom stereocenters. The Morgan fingerprint density at radius 1 is 1.69 bits per heavy atom. The van der Waals surface area contributed by atoms with Crippen LogP contribution in [0.3, 0.4) is 0 Å². The summed E-state index contributed by atoms with van der Waals surface area (Å²) in [7, 11) is 1.35. The Balaban J connectivity index is 2.53. The first-order valence-corrected chi connectivity index (χ1v) is 5.17. The molecule has 1 atom stereocenters. The molecule has 16 heavy (non-hydrogen) atoms. The van der Waals surface area contributed by atoms with Gasteiger partial charge in [0.2, 0.25) is 0 Å². The highest BCUT2D eigenvalue weighted by atomic mass is 16.5. The fraction of sp³-hybridized carbons (Fsp3) is 0.417. The number of carbonyl (C=O) groups excluding carboxylic acids is 1. The largest absolute Gasteiger partial charge is 0.464 e. The van der Waals surface area contributed by atoms with Gasteiger partial charge < -0.3 is 9.72 Å². The van der Waals surface area contributed by atoms with Crippen molar-refractivity contribution in [1.82, 2.24) is 10.3 Å². The van der Waals surface area contributed by atoms with E-state index in [0.717, 1.165) is 12.1 Å². The molecule has 0 aliphatic carbocycles. The molecule has 1 heterocycles. The molecule has 86 valence electrons. The molecule has 0 fully saturated rings. The number of carbonyl (C=O) groups is 1. The third-order valence-electron chi connectivity index (χ3n) is 2.30. The minimum atomic E-state index is -0.366. The Hall–Kier alpha value is -1.73. The zero-order chi connectivity index (χ0) is 12.0. The number of hydrogen-bond donors (Lipinski definition) is 2. The summed E-state index contributed by atoms with van der Waals surface area (Å²) < 4.78 is 4.59. The van der Waals surface area contributed by atoms with Gasteiger partial charge in [-0.2, -0.15) is 0 Å². The highest BCUT2D eigenvalue weighted by Gasteiger charge is 2.08. The molecule has 0 aliphatic rings. The van der Waals surface area contributed by atoms with Gasteiger partial charge in [-0.3, -0.25) is 5.32 Å². The lowest BCUT2D eigenvalue weighted by Crippen LogP contribution is -2.26. The Bertz CT molecular complexity index is 390. The Morgan fingerprint density at radius 2 is 2.44 bits per heavy atom. The quantitative estimate of drug-likeness (QED) is 0.581. The number of aromatic amines is 1. The lowest BCUT2D eigenvalue weighted by Gasteiger charge is -2.08. The molecule has 0 amide bonds. The van der Waals surface area contributed by atoms with Crippen LogP contribution in [0.4, 0.5) is 0 Å². The first kappa shape index (κ1) is 12.3. The van der Waals surface area contributed by atoms with Crippen molar-refractivity contribution in [2.75, 3.05) is 7.11 Å². The van der Waals surface area contributed by atoms with Gasteiger partial charge >= 0.3 is 5.97 Å². The topological polar surface area (TPSA) is 54.1 Å². The van der Waals surface area contributed by atoms with Crippen LogP contribution in [-0.2, 0) is 11.3 Å². The number of nitrogens with one attached hydrogen (secondary N) is 2. The molecular formula is C12H16N2O2. The zero-order valence-electron chi connectivity index (χ0n) is 9.54. The summed E-state index contributed by atoms with van der Waals surface area (Å²) in [6.07, 6.45) is 6.20. The minimum absolute atomic E-state index is 0.0601. The first-order chi connectivity index (χ1) is 7.71. The lowest BCUT2D eigenvalue weighted by atomic mass is 10.2. The van der Waals surface area contributed by atoms with Crippen molar-refractivity contribution in [2.24, 2.45) is 0 Å². The van der Waals surface area contributed by atoms with E-state index >= 15 is 0 Å². The van der Waals surface area contributed by atoms with Crippen LogP contribution in [0.2, 0.25) is 0 Å². The molecule has 0 aromatic carbocycles. The second-order valence-corrected chi connectivity index (χ2v) is 3.40. The van der Waals surface area contributed by atoms with Gasteiger partial charge in [0.25, 0.3) is 0 Å². The van der Waals surface area contributed by atoms with Crippen molar-refractivity contribution in [1.29, 1.82) is 0 Å². The maximum atomic E-state index is 11.2. The molecular weight excluding hydrogens is 204 g/mol. The lowest BCUT2D eigenvalue weighted by molar-refractivity contribution is 0.0594. The van der Waals surface area contributed by atoms with Crippen LogP contribution in [0.5, 0.6) is 0 Å². The molecule has 1 aromatic heterocycles. The van der Waals surface area contributed by atoms with E-state index < -0.39 is 0 Å². The van der Waals surface area contributed by atoms with Gasteiger partial charge in [-0.1, -0.05) is 12.8 Å². The number of esters is 1. The predicted octanol–water partition coefficient (Wildman–Crippen LogP) is 1.30. The van der Waals surface area contributed by atoms with Gasteiger partial charge in [-0.25, -0.2) is 4.79 Å². The maximum absolute atomic E-state index is 11.2. The fourth-order valence-electron chi connectivity index (χ4n) is 1.33. The number of rotatable bonds is 5. The standard InChI is InChI=1S/C12H16N2O2/c1-4-9(5-2)13-8-10-6-7-11(14-10)12(15)16-3/h1,6-7,9,13-14H,5,8H2,2-3H3. The number of terminal acetylenes is 1. The molecule has 0 saturated heterocycles. The van der Waals surface area contributed by atoms with Crippen molar-refractivity contribution in [2.45, 2.75) is 25.9 Å². The van der Waals surface area contributed by atoms with Gasteiger partial charge in [0.05, 0.1) is 13.2 Å². The molecule has 0 aliphatic heterocycles. The van der Waals surface area contributed by atoms with Gasteiger partial charge in [0, 0.05) is 12.2 Å². The van der Waals surface area contributed by atoms with Crippen molar-refractivity contribution in [3.05, 3.63) is 23.5 Å². The number of ether oxygens (including phenoxy) is 1. The van der Waals surface area contributed by atoms with Crippen molar-refractivity contribution in [3.8, 4) is 12.3 Å². The van der Waals surface area contributed by atoms with Crippen LogP contribution >= 0.6 is 0 Å². The number of aromatic nitrogens is 1. The molecule has 0 radical (unpaired) electrons. The Kier molecular flexibility index (Phi) is 4.62. The van der Waals surface area contributed by atoms with E-state index in [9.17, 15) is 4.79 Å². The highest BCUT2D eigenvalue weighted by molar-refractivity contribution is 5.87. The molecule has 0 bridgehead atoms. The van der Waals surface area contributed by atoms with E-state index in [1.54, 1.807) is 6.07 Å². The van der Waals surface area contributed by atoms with Gasteiger partial charge in [-0.05, 0) is 18.6 Å². The molecule has 1 rings (SSSR count). The molecule has 0 spiro atoms. The summed E-state index contributed by atoms with van der Waals surface area (Å²) in [5, 5.41) is 3.19. The second-order valence-electron chi connectivity index (χ2n) is 3.40. The third-order valence-corrected chi connectivity index (χ3v) is 2.30.